The van der Waals surface area contributed by atoms with Crippen molar-refractivity contribution in [2.75, 3.05) is 19.8 Å². The summed E-state index contributed by atoms with van der Waals surface area (Å²) in [5.41, 5.74) is 4.00. The van der Waals surface area contributed by atoms with Gasteiger partial charge in [-0.15, -0.1) is 0 Å². The Kier molecular flexibility index (Phi) is 5.11. The Morgan fingerprint density at radius 1 is 1.37 bits per heavy atom. The van der Waals surface area contributed by atoms with Crippen LogP contribution >= 0.6 is 0 Å². The van der Waals surface area contributed by atoms with Gasteiger partial charge < -0.3 is 26.2 Å². The minimum atomic E-state index is -1.01. The van der Waals surface area contributed by atoms with E-state index in [1.807, 2.05) is 0 Å². The molecule has 1 aliphatic rings. The van der Waals surface area contributed by atoms with Crippen molar-refractivity contribution in [1.29, 1.82) is 0 Å². The van der Waals surface area contributed by atoms with Gasteiger partial charge in [-0.25, -0.2) is 4.79 Å². The molecule has 0 saturated carbocycles. The van der Waals surface area contributed by atoms with Gasteiger partial charge in [-0.2, -0.15) is 0 Å². The largest absolute Gasteiger partial charge is 0.481 e. The average Bonchev–Trinajstić information content (AvgIpc) is 2.37. The monoisotopic (exact) mass is 273 g/mol. The zero-order valence-corrected chi connectivity index (χ0v) is 10.8. The zero-order valence-electron chi connectivity index (χ0n) is 10.8. The molecule has 1 unspecified atom stereocenters. The second kappa shape index (κ2) is 6.37. The van der Waals surface area contributed by atoms with Gasteiger partial charge in [0.25, 0.3) is 0 Å². The maximum absolute atomic E-state index is 11.5. The van der Waals surface area contributed by atoms with E-state index in [2.05, 4.69) is 10.6 Å². The van der Waals surface area contributed by atoms with Gasteiger partial charge in [0.1, 0.15) is 6.04 Å². The number of aliphatic carboxylic acids is 1. The van der Waals surface area contributed by atoms with Crippen LogP contribution in [0.25, 0.3) is 0 Å². The molecule has 1 rings (SSSR count). The molecular weight excluding hydrogens is 254 g/mol. The van der Waals surface area contributed by atoms with E-state index in [0.29, 0.717) is 26.1 Å². The summed E-state index contributed by atoms with van der Waals surface area (Å²) in [5.74, 6) is -1.62. The third-order valence-electron chi connectivity index (χ3n) is 3.27. The lowest BCUT2D eigenvalue weighted by molar-refractivity contribution is -0.154. The van der Waals surface area contributed by atoms with E-state index < -0.39 is 29.4 Å². The molecule has 1 saturated heterocycles. The number of carbonyl (C=O) groups excluding carboxylic acids is 2. The van der Waals surface area contributed by atoms with Gasteiger partial charge in [0.2, 0.25) is 5.91 Å². The fourth-order valence-corrected chi connectivity index (χ4v) is 1.80. The van der Waals surface area contributed by atoms with E-state index in [9.17, 15) is 19.5 Å². The summed E-state index contributed by atoms with van der Waals surface area (Å²) in [6.45, 7) is 2.15. The van der Waals surface area contributed by atoms with Crippen molar-refractivity contribution in [3.8, 4) is 0 Å². The number of carboxylic acids is 1. The van der Waals surface area contributed by atoms with Gasteiger partial charge in [0.05, 0.1) is 5.41 Å². The zero-order chi connectivity index (χ0) is 14.5. The first kappa shape index (κ1) is 15.2. The van der Waals surface area contributed by atoms with Crippen LogP contribution in [0.5, 0.6) is 0 Å². The van der Waals surface area contributed by atoms with Crippen molar-refractivity contribution in [2.45, 2.75) is 25.8 Å². The molecular formula is C11H19N3O5. The first-order chi connectivity index (χ1) is 8.87. The summed E-state index contributed by atoms with van der Waals surface area (Å²) < 4.78 is 5.12. The Labute approximate surface area is 110 Å². The van der Waals surface area contributed by atoms with Crippen LogP contribution in [0.15, 0.2) is 0 Å². The first-order valence-corrected chi connectivity index (χ1v) is 6.02. The molecule has 1 heterocycles. The summed E-state index contributed by atoms with van der Waals surface area (Å²) in [5, 5.41) is 14.1. The number of urea groups is 1. The van der Waals surface area contributed by atoms with Gasteiger partial charge in [-0.1, -0.05) is 0 Å². The van der Waals surface area contributed by atoms with Crippen LogP contribution in [0.4, 0.5) is 4.79 Å². The van der Waals surface area contributed by atoms with Crippen LogP contribution in [0.2, 0.25) is 0 Å². The Morgan fingerprint density at radius 2 is 1.95 bits per heavy atom. The predicted molar refractivity (Wildman–Crippen MR) is 65.3 cm³/mol. The molecule has 8 nitrogen and oxygen atoms in total. The number of rotatable bonds is 5. The average molecular weight is 273 g/mol. The Balaban J connectivity index is 2.50. The molecule has 0 aromatic carbocycles. The Morgan fingerprint density at radius 3 is 2.42 bits per heavy atom. The highest BCUT2D eigenvalue weighted by Gasteiger charge is 2.40. The highest BCUT2D eigenvalue weighted by molar-refractivity contribution is 5.85. The number of hydrogen-bond donors (Lipinski definition) is 4. The number of nitrogens with one attached hydrogen (secondary N) is 2. The lowest BCUT2D eigenvalue weighted by atomic mass is 9.80. The molecule has 108 valence electrons. The minimum absolute atomic E-state index is 0.0109. The summed E-state index contributed by atoms with van der Waals surface area (Å²) in [6, 6.07) is -1.42. The van der Waals surface area contributed by atoms with Crippen LogP contribution in [0.3, 0.4) is 0 Å². The van der Waals surface area contributed by atoms with Crippen LogP contribution in [-0.4, -0.2) is 48.8 Å². The van der Waals surface area contributed by atoms with E-state index in [4.69, 9.17) is 10.5 Å². The molecule has 1 aliphatic heterocycles. The fourth-order valence-electron chi connectivity index (χ4n) is 1.80. The molecule has 0 aromatic heterocycles. The SMILES string of the molecule is CC(NC(=O)NCC1(C(=O)O)CCOCC1)C(N)=O. The number of nitrogens with two attached hydrogens (primary N) is 1. The maximum atomic E-state index is 11.5. The molecule has 5 N–H and O–H groups in total. The van der Waals surface area contributed by atoms with Crippen molar-refractivity contribution in [3.63, 3.8) is 0 Å². The highest BCUT2D eigenvalue weighted by atomic mass is 16.5. The van der Waals surface area contributed by atoms with Gasteiger partial charge in [0, 0.05) is 19.8 Å². The molecule has 0 bridgehead atoms. The lowest BCUT2D eigenvalue weighted by Gasteiger charge is -2.33. The molecule has 0 spiro atoms. The van der Waals surface area contributed by atoms with Gasteiger partial charge in [0.15, 0.2) is 0 Å². The lowest BCUT2D eigenvalue weighted by Crippen LogP contribution is -2.52. The molecule has 0 aliphatic carbocycles. The van der Waals surface area contributed by atoms with Crippen molar-refractivity contribution in [3.05, 3.63) is 0 Å². The van der Waals surface area contributed by atoms with Crippen molar-refractivity contribution < 1.29 is 24.2 Å². The van der Waals surface area contributed by atoms with Crippen LogP contribution in [-0.2, 0) is 14.3 Å². The number of carboxylic acid groups (broad SMARTS) is 1. The summed E-state index contributed by atoms with van der Waals surface area (Å²) in [6.07, 6.45) is 0.683. The number of carbonyl (C=O) groups is 3. The first-order valence-electron chi connectivity index (χ1n) is 6.02. The van der Waals surface area contributed by atoms with Crippen molar-refractivity contribution in [2.24, 2.45) is 11.1 Å². The molecule has 3 amide bonds. The third-order valence-corrected chi connectivity index (χ3v) is 3.27. The standard InChI is InChI=1S/C11H19N3O5/c1-7(8(12)15)14-10(18)13-6-11(9(16)17)2-4-19-5-3-11/h7H,2-6H2,1H3,(H2,12,15)(H,16,17)(H2,13,14,18). The Bertz CT molecular complexity index is 365. The van der Waals surface area contributed by atoms with E-state index in [0.717, 1.165) is 0 Å². The molecule has 0 radical (unpaired) electrons. The molecule has 1 atom stereocenters. The molecule has 8 heteroatoms. The van der Waals surface area contributed by atoms with Gasteiger partial charge >= 0.3 is 12.0 Å². The summed E-state index contributed by atoms with van der Waals surface area (Å²) in [4.78, 5) is 33.6. The summed E-state index contributed by atoms with van der Waals surface area (Å²) >= 11 is 0. The number of primary amides is 1. The van der Waals surface area contributed by atoms with E-state index in [1.54, 1.807) is 0 Å². The number of hydrogen-bond acceptors (Lipinski definition) is 4. The van der Waals surface area contributed by atoms with Crippen molar-refractivity contribution in [1.82, 2.24) is 10.6 Å². The summed E-state index contributed by atoms with van der Waals surface area (Å²) in [7, 11) is 0. The van der Waals surface area contributed by atoms with Crippen molar-refractivity contribution >= 4 is 17.9 Å². The van der Waals surface area contributed by atoms with E-state index in [1.165, 1.54) is 6.92 Å². The van der Waals surface area contributed by atoms with E-state index >= 15 is 0 Å². The van der Waals surface area contributed by atoms with Crippen LogP contribution < -0.4 is 16.4 Å². The molecule has 1 fully saturated rings. The maximum Gasteiger partial charge on any atom is 0.315 e. The van der Waals surface area contributed by atoms with Gasteiger partial charge in [-0.05, 0) is 19.8 Å². The van der Waals surface area contributed by atoms with Crippen LogP contribution in [0.1, 0.15) is 19.8 Å². The second-order valence-corrected chi connectivity index (χ2v) is 4.65. The topological polar surface area (TPSA) is 131 Å². The number of ether oxygens (including phenoxy) is 1. The third kappa shape index (κ3) is 4.09. The quantitative estimate of drug-likeness (QED) is 0.512. The number of amides is 3. The van der Waals surface area contributed by atoms with Crippen LogP contribution in [0, 0.1) is 5.41 Å². The minimum Gasteiger partial charge on any atom is -0.481 e. The van der Waals surface area contributed by atoms with E-state index in [-0.39, 0.29) is 6.54 Å². The fraction of sp³-hybridized carbons (Fsp3) is 0.727. The smallest absolute Gasteiger partial charge is 0.315 e. The predicted octanol–water partition coefficient (Wildman–Crippen LogP) is -0.959. The molecule has 19 heavy (non-hydrogen) atoms. The van der Waals surface area contributed by atoms with Gasteiger partial charge in [-0.3, -0.25) is 9.59 Å². The normalized spacial score (nSPS) is 19.2. The second-order valence-electron chi connectivity index (χ2n) is 4.65. The molecule has 0 aromatic rings. The Hall–Kier alpha value is -1.83. The highest BCUT2D eigenvalue weighted by Crippen LogP contribution is 2.29.